The standard InChI is InChI=1S/C13H15Cl2NO/c14-10-6-4-5-9(12(10)15)13(17)11-7-2-1-3-8-16-11/h4-6,11,16H,1-3,7-8H2. The Bertz CT molecular complexity index is 412. The van der Waals surface area contributed by atoms with Crippen LogP contribution in [0.1, 0.15) is 36.0 Å². The average molecular weight is 272 g/mol. The van der Waals surface area contributed by atoms with Gasteiger partial charge in [0.1, 0.15) is 0 Å². The minimum Gasteiger partial charge on any atom is -0.307 e. The molecule has 1 unspecified atom stereocenters. The molecule has 0 spiro atoms. The summed E-state index contributed by atoms with van der Waals surface area (Å²) in [6, 6.07) is 5.08. The Morgan fingerprint density at radius 2 is 2.06 bits per heavy atom. The first-order valence-corrected chi connectivity index (χ1v) is 6.67. The summed E-state index contributed by atoms with van der Waals surface area (Å²) in [5, 5.41) is 4.08. The van der Waals surface area contributed by atoms with Gasteiger partial charge in [-0.2, -0.15) is 0 Å². The van der Waals surface area contributed by atoms with E-state index in [4.69, 9.17) is 23.2 Å². The van der Waals surface area contributed by atoms with E-state index < -0.39 is 0 Å². The van der Waals surface area contributed by atoms with Gasteiger partial charge in [0.05, 0.1) is 16.1 Å². The summed E-state index contributed by atoms with van der Waals surface area (Å²) in [5.74, 6) is 0.0550. The molecule has 0 amide bonds. The van der Waals surface area contributed by atoms with Crippen LogP contribution in [0.15, 0.2) is 18.2 Å². The highest BCUT2D eigenvalue weighted by Crippen LogP contribution is 2.27. The average Bonchev–Trinajstić information content (AvgIpc) is 2.60. The van der Waals surface area contributed by atoms with E-state index in [9.17, 15) is 4.79 Å². The molecule has 1 aromatic rings. The van der Waals surface area contributed by atoms with Crippen molar-refractivity contribution in [3.8, 4) is 0 Å². The molecular formula is C13H15Cl2NO. The fourth-order valence-electron chi connectivity index (χ4n) is 2.13. The number of benzene rings is 1. The van der Waals surface area contributed by atoms with E-state index in [1.54, 1.807) is 18.2 Å². The maximum atomic E-state index is 12.3. The largest absolute Gasteiger partial charge is 0.307 e. The van der Waals surface area contributed by atoms with Gasteiger partial charge in [-0.1, -0.05) is 42.1 Å². The predicted octanol–water partition coefficient (Wildman–Crippen LogP) is 3.71. The lowest BCUT2D eigenvalue weighted by molar-refractivity contribution is 0.0941. The Morgan fingerprint density at radius 1 is 1.24 bits per heavy atom. The van der Waals surface area contributed by atoms with Gasteiger partial charge in [-0.05, 0) is 31.5 Å². The fourth-order valence-corrected chi connectivity index (χ4v) is 2.53. The van der Waals surface area contributed by atoms with Crippen molar-refractivity contribution in [1.82, 2.24) is 5.32 Å². The highest BCUT2D eigenvalue weighted by Gasteiger charge is 2.23. The lowest BCUT2D eigenvalue weighted by atomic mass is 10.0. The summed E-state index contributed by atoms with van der Waals surface area (Å²) >= 11 is 12.0. The van der Waals surface area contributed by atoms with Gasteiger partial charge in [-0.3, -0.25) is 4.79 Å². The van der Waals surface area contributed by atoms with Crippen LogP contribution in [0.5, 0.6) is 0 Å². The summed E-state index contributed by atoms with van der Waals surface area (Å²) in [6.07, 6.45) is 4.27. The van der Waals surface area contributed by atoms with Crippen molar-refractivity contribution in [2.24, 2.45) is 0 Å². The van der Waals surface area contributed by atoms with Crippen LogP contribution in [-0.4, -0.2) is 18.4 Å². The molecule has 1 aromatic carbocycles. The van der Waals surface area contributed by atoms with Gasteiger partial charge in [0.2, 0.25) is 0 Å². The highest BCUT2D eigenvalue weighted by molar-refractivity contribution is 6.44. The van der Waals surface area contributed by atoms with E-state index in [-0.39, 0.29) is 11.8 Å². The fraction of sp³-hybridized carbons (Fsp3) is 0.462. The van der Waals surface area contributed by atoms with Crippen molar-refractivity contribution < 1.29 is 4.79 Å². The lowest BCUT2D eigenvalue weighted by Crippen LogP contribution is -2.36. The van der Waals surface area contributed by atoms with E-state index in [0.29, 0.717) is 15.6 Å². The summed E-state index contributed by atoms with van der Waals surface area (Å²) in [4.78, 5) is 12.3. The van der Waals surface area contributed by atoms with Crippen molar-refractivity contribution in [3.05, 3.63) is 33.8 Å². The normalized spacial score (nSPS) is 20.9. The maximum absolute atomic E-state index is 12.3. The molecule has 1 fully saturated rings. The molecule has 0 aliphatic carbocycles. The number of ketones is 1. The van der Waals surface area contributed by atoms with E-state index in [1.807, 2.05) is 0 Å². The van der Waals surface area contributed by atoms with Crippen LogP contribution in [0.25, 0.3) is 0 Å². The smallest absolute Gasteiger partial charge is 0.181 e. The number of hydrogen-bond acceptors (Lipinski definition) is 2. The molecule has 0 bridgehead atoms. The molecule has 4 heteroatoms. The minimum atomic E-state index is -0.117. The van der Waals surface area contributed by atoms with Crippen LogP contribution in [0, 0.1) is 0 Å². The topological polar surface area (TPSA) is 29.1 Å². The molecule has 0 radical (unpaired) electrons. The van der Waals surface area contributed by atoms with E-state index in [1.165, 1.54) is 6.42 Å². The molecule has 0 saturated carbocycles. The van der Waals surface area contributed by atoms with Gasteiger partial charge >= 0.3 is 0 Å². The minimum absolute atomic E-state index is 0.0550. The zero-order chi connectivity index (χ0) is 12.3. The van der Waals surface area contributed by atoms with Crippen LogP contribution in [0.2, 0.25) is 10.0 Å². The maximum Gasteiger partial charge on any atom is 0.181 e. The molecule has 1 heterocycles. The number of nitrogens with one attached hydrogen (secondary N) is 1. The van der Waals surface area contributed by atoms with Crippen molar-refractivity contribution >= 4 is 29.0 Å². The van der Waals surface area contributed by atoms with Gasteiger partial charge in [0, 0.05) is 5.56 Å². The molecule has 1 atom stereocenters. The van der Waals surface area contributed by atoms with Gasteiger partial charge in [0.15, 0.2) is 5.78 Å². The summed E-state index contributed by atoms with van der Waals surface area (Å²) in [6.45, 7) is 0.897. The number of rotatable bonds is 2. The zero-order valence-electron chi connectivity index (χ0n) is 9.51. The number of Topliss-reactive ketones (excluding diaryl/α,β-unsaturated/α-hetero) is 1. The van der Waals surface area contributed by atoms with E-state index >= 15 is 0 Å². The molecule has 2 nitrogen and oxygen atoms in total. The number of halogens is 2. The predicted molar refractivity (Wildman–Crippen MR) is 71.1 cm³/mol. The molecular weight excluding hydrogens is 257 g/mol. The Hall–Kier alpha value is -0.570. The SMILES string of the molecule is O=C(c1cccc(Cl)c1Cl)C1CCCCCN1. The van der Waals surface area contributed by atoms with Crippen molar-refractivity contribution in [3.63, 3.8) is 0 Å². The second-order valence-corrected chi connectivity index (χ2v) is 5.11. The third kappa shape index (κ3) is 3.01. The molecule has 1 aliphatic heterocycles. The Labute approximate surface area is 111 Å². The summed E-state index contributed by atoms with van der Waals surface area (Å²) in [5.41, 5.74) is 0.526. The first kappa shape index (κ1) is 12.9. The molecule has 1 saturated heterocycles. The van der Waals surface area contributed by atoms with E-state index in [0.717, 1.165) is 25.8 Å². The van der Waals surface area contributed by atoms with Gasteiger partial charge < -0.3 is 5.32 Å². The number of carbonyl (C=O) groups is 1. The van der Waals surface area contributed by atoms with Crippen LogP contribution in [0.4, 0.5) is 0 Å². The van der Waals surface area contributed by atoms with Crippen LogP contribution in [0.3, 0.4) is 0 Å². The third-order valence-corrected chi connectivity index (χ3v) is 3.91. The molecule has 1 aliphatic rings. The second-order valence-electron chi connectivity index (χ2n) is 4.32. The van der Waals surface area contributed by atoms with Crippen LogP contribution >= 0.6 is 23.2 Å². The summed E-state index contributed by atoms with van der Waals surface area (Å²) < 4.78 is 0. The van der Waals surface area contributed by atoms with Gasteiger partial charge in [0.25, 0.3) is 0 Å². The Balaban J connectivity index is 2.20. The Morgan fingerprint density at radius 3 is 2.88 bits per heavy atom. The quantitative estimate of drug-likeness (QED) is 0.831. The lowest BCUT2D eigenvalue weighted by Gasteiger charge is -2.15. The monoisotopic (exact) mass is 271 g/mol. The van der Waals surface area contributed by atoms with E-state index in [2.05, 4.69) is 5.32 Å². The highest BCUT2D eigenvalue weighted by atomic mass is 35.5. The first-order chi connectivity index (χ1) is 8.20. The number of hydrogen-bond donors (Lipinski definition) is 1. The first-order valence-electron chi connectivity index (χ1n) is 5.92. The van der Waals surface area contributed by atoms with Crippen molar-refractivity contribution in [2.75, 3.05) is 6.54 Å². The molecule has 1 N–H and O–H groups in total. The van der Waals surface area contributed by atoms with Crippen LogP contribution < -0.4 is 5.32 Å². The zero-order valence-corrected chi connectivity index (χ0v) is 11.0. The number of carbonyl (C=O) groups excluding carboxylic acids is 1. The van der Waals surface area contributed by atoms with Gasteiger partial charge in [-0.15, -0.1) is 0 Å². The summed E-state index contributed by atoms with van der Waals surface area (Å²) in [7, 11) is 0. The molecule has 92 valence electrons. The van der Waals surface area contributed by atoms with Crippen molar-refractivity contribution in [2.45, 2.75) is 31.7 Å². The molecule has 0 aromatic heterocycles. The Kier molecular flexibility index (Phi) is 4.43. The second kappa shape index (κ2) is 5.85. The molecule has 17 heavy (non-hydrogen) atoms. The van der Waals surface area contributed by atoms with Gasteiger partial charge in [-0.25, -0.2) is 0 Å². The van der Waals surface area contributed by atoms with Crippen molar-refractivity contribution in [1.29, 1.82) is 0 Å². The third-order valence-electron chi connectivity index (χ3n) is 3.09. The molecule has 2 rings (SSSR count). The van der Waals surface area contributed by atoms with Crippen LogP contribution in [-0.2, 0) is 0 Å².